The summed E-state index contributed by atoms with van der Waals surface area (Å²) in [6.07, 6.45) is 6.26. The van der Waals surface area contributed by atoms with E-state index in [2.05, 4.69) is 11.2 Å². The molecule has 0 saturated carbocycles. The highest BCUT2D eigenvalue weighted by molar-refractivity contribution is 5.70. The van der Waals surface area contributed by atoms with Gasteiger partial charge in [-0.2, -0.15) is 0 Å². The highest BCUT2D eigenvalue weighted by Gasteiger charge is 2.07. The van der Waals surface area contributed by atoms with Gasteiger partial charge in [-0.05, 0) is 17.5 Å². The molecule has 0 aromatic heterocycles. The largest absolute Gasteiger partial charge is 0.481 e. The second-order valence-electron chi connectivity index (χ2n) is 3.85. The lowest BCUT2D eigenvalue weighted by Gasteiger charge is -2.13. The lowest BCUT2D eigenvalue weighted by Crippen LogP contribution is -2.26. The summed E-state index contributed by atoms with van der Waals surface area (Å²) in [6.45, 7) is 2.62. The van der Waals surface area contributed by atoms with Crippen molar-refractivity contribution in [3.63, 3.8) is 0 Å². The fourth-order valence-electron chi connectivity index (χ4n) is 1.62. The first kappa shape index (κ1) is 13.3. The second-order valence-corrected chi connectivity index (χ2v) is 3.85. The maximum atomic E-state index is 10.7. The smallest absolute Gasteiger partial charge is 0.307 e. The van der Waals surface area contributed by atoms with E-state index in [4.69, 9.17) is 11.5 Å². The third-order valence-electron chi connectivity index (χ3n) is 2.61. The van der Waals surface area contributed by atoms with E-state index in [0.29, 0.717) is 6.54 Å². The summed E-state index contributed by atoms with van der Waals surface area (Å²) in [5, 5.41) is 12.0. The van der Waals surface area contributed by atoms with E-state index < -0.39 is 5.97 Å². The number of carboxylic acids is 1. The topological polar surface area (TPSA) is 49.3 Å². The number of nitrogens with one attached hydrogen (secondary N) is 1. The molecule has 1 rings (SSSR count). The Bertz CT molecular complexity index is 420. The highest BCUT2D eigenvalue weighted by Crippen LogP contribution is 2.10. The van der Waals surface area contributed by atoms with E-state index in [9.17, 15) is 4.79 Å². The number of hydrogen-bond acceptors (Lipinski definition) is 2. The first-order valence-corrected chi connectivity index (χ1v) is 5.65. The van der Waals surface area contributed by atoms with Crippen molar-refractivity contribution in [2.24, 2.45) is 0 Å². The van der Waals surface area contributed by atoms with Crippen molar-refractivity contribution in [1.82, 2.24) is 5.32 Å². The average Bonchev–Trinajstić information content (AvgIpc) is 2.31. The first-order valence-electron chi connectivity index (χ1n) is 5.65. The van der Waals surface area contributed by atoms with Gasteiger partial charge in [-0.3, -0.25) is 10.1 Å². The van der Waals surface area contributed by atoms with Crippen molar-refractivity contribution in [2.75, 3.05) is 0 Å². The van der Waals surface area contributed by atoms with Gasteiger partial charge in [0.1, 0.15) is 0 Å². The number of carboxylic acid groups (broad SMARTS) is 1. The standard InChI is InChI=1S/C14H17NO2/c1-3-13(4-2)15-10-12-8-6-5-7-11(12)9-14(16)17/h1,5-8,13,15H,4,9-10H2,2H3,(H,16,17). The number of rotatable bonds is 6. The summed E-state index contributed by atoms with van der Waals surface area (Å²) in [5.74, 6) is 1.84. The predicted octanol–water partition coefficient (Wildman–Crippen LogP) is 1.82. The zero-order valence-electron chi connectivity index (χ0n) is 9.94. The molecule has 3 heteroatoms. The van der Waals surface area contributed by atoms with Crippen LogP contribution in [0, 0.1) is 12.3 Å². The Labute approximate surface area is 102 Å². The normalized spacial score (nSPS) is 11.8. The molecule has 0 amide bonds. The van der Waals surface area contributed by atoms with Crippen LogP contribution in [0.5, 0.6) is 0 Å². The lowest BCUT2D eigenvalue weighted by atomic mass is 10.0. The summed E-state index contributed by atoms with van der Waals surface area (Å²) in [4.78, 5) is 10.7. The fraction of sp³-hybridized carbons (Fsp3) is 0.357. The number of terminal acetylenes is 1. The van der Waals surface area contributed by atoms with E-state index in [1.165, 1.54) is 0 Å². The van der Waals surface area contributed by atoms with Gasteiger partial charge in [-0.25, -0.2) is 0 Å². The van der Waals surface area contributed by atoms with Gasteiger partial charge in [0.2, 0.25) is 0 Å². The monoisotopic (exact) mass is 231 g/mol. The molecule has 1 unspecified atom stereocenters. The Morgan fingerprint density at radius 2 is 2.12 bits per heavy atom. The molecule has 0 aliphatic rings. The zero-order valence-corrected chi connectivity index (χ0v) is 9.94. The second kappa shape index (κ2) is 6.72. The van der Waals surface area contributed by atoms with Crippen LogP contribution in [0.3, 0.4) is 0 Å². The van der Waals surface area contributed by atoms with Crippen molar-refractivity contribution >= 4 is 5.97 Å². The third-order valence-corrected chi connectivity index (χ3v) is 2.61. The fourth-order valence-corrected chi connectivity index (χ4v) is 1.62. The molecule has 0 radical (unpaired) electrons. The molecule has 0 bridgehead atoms. The molecule has 17 heavy (non-hydrogen) atoms. The molecule has 3 nitrogen and oxygen atoms in total. The Hall–Kier alpha value is -1.79. The highest BCUT2D eigenvalue weighted by atomic mass is 16.4. The molecule has 90 valence electrons. The van der Waals surface area contributed by atoms with Crippen molar-refractivity contribution < 1.29 is 9.90 Å². The predicted molar refractivity (Wildman–Crippen MR) is 67.5 cm³/mol. The molecule has 1 aromatic carbocycles. The molecule has 1 aromatic rings. The van der Waals surface area contributed by atoms with Crippen LogP contribution in [0.1, 0.15) is 24.5 Å². The molecule has 0 aliphatic carbocycles. The van der Waals surface area contributed by atoms with Crippen LogP contribution in [0.2, 0.25) is 0 Å². The van der Waals surface area contributed by atoms with E-state index in [0.717, 1.165) is 17.5 Å². The van der Waals surface area contributed by atoms with Crippen molar-refractivity contribution in [3.8, 4) is 12.3 Å². The Kier molecular flexibility index (Phi) is 5.25. The van der Waals surface area contributed by atoms with Gasteiger partial charge in [-0.15, -0.1) is 6.42 Å². The van der Waals surface area contributed by atoms with Crippen LogP contribution in [0.25, 0.3) is 0 Å². The van der Waals surface area contributed by atoms with Crippen LogP contribution in [-0.2, 0) is 17.8 Å². The lowest BCUT2D eigenvalue weighted by molar-refractivity contribution is -0.136. The van der Waals surface area contributed by atoms with Crippen molar-refractivity contribution in [2.45, 2.75) is 32.4 Å². The Morgan fingerprint density at radius 1 is 1.47 bits per heavy atom. The van der Waals surface area contributed by atoms with Gasteiger partial charge in [-0.1, -0.05) is 37.1 Å². The minimum absolute atomic E-state index is 0.0351. The SMILES string of the molecule is C#CC(CC)NCc1ccccc1CC(=O)O. The van der Waals surface area contributed by atoms with Crippen molar-refractivity contribution in [3.05, 3.63) is 35.4 Å². The quantitative estimate of drug-likeness (QED) is 0.734. The van der Waals surface area contributed by atoms with Gasteiger partial charge in [0.05, 0.1) is 12.5 Å². The number of carbonyl (C=O) groups is 1. The van der Waals surface area contributed by atoms with E-state index in [-0.39, 0.29) is 12.5 Å². The van der Waals surface area contributed by atoms with Crippen molar-refractivity contribution in [1.29, 1.82) is 0 Å². The molecule has 1 atom stereocenters. The average molecular weight is 231 g/mol. The van der Waals surface area contributed by atoms with Gasteiger partial charge < -0.3 is 5.11 Å². The maximum Gasteiger partial charge on any atom is 0.307 e. The maximum absolute atomic E-state index is 10.7. The van der Waals surface area contributed by atoms with Gasteiger partial charge >= 0.3 is 5.97 Å². The number of hydrogen-bond donors (Lipinski definition) is 2. The van der Waals surface area contributed by atoms with Crippen LogP contribution >= 0.6 is 0 Å². The van der Waals surface area contributed by atoms with Crippen LogP contribution in [0.15, 0.2) is 24.3 Å². The van der Waals surface area contributed by atoms with Gasteiger partial charge in [0, 0.05) is 6.54 Å². The molecule has 0 saturated heterocycles. The van der Waals surface area contributed by atoms with E-state index in [1.54, 1.807) is 0 Å². The Balaban J connectivity index is 2.70. The van der Waals surface area contributed by atoms with E-state index >= 15 is 0 Å². The van der Waals surface area contributed by atoms with Gasteiger partial charge in [0.15, 0.2) is 0 Å². The first-order chi connectivity index (χ1) is 8.17. The Morgan fingerprint density at radius 3 is 2.65 bits per heavy atom. The minimum atomic E-state index is -0.818. The van der Waals surface area contributed by atoms with E-state index in [1.807, 2.05) is 31.2 Å². The number of benzene rings is 1. The molecular formula is C14H17NO2. The molecule has 0 heterocycles. The van der Waals surface area contributed by atoms with Crippen LogP contribution in [-0.4, -0.2) is 17.1 Å². The molecule has 0 fully saturated rings. The molecule has 2 N–H and O–H groups in total. The van der Waals surface area contributed by atoms with Crippen LogP contribution < -0.4 is 5.32 Å². The van der Waals surface area contributed by atoms with Crippen LogP contribution in [0.4, 0.5) is 0 Å². The zero-order chi connectivity index (χ0) is 12.7. The third kappa shape index (κ3) is 4.29. The summed E-state index contributed by atoms with van der Waals surface area (Å²) < 4.78 is 0. The molecule has 0 spiro atoms. The minimum Gasteiger partial charge on any atom is -0.481 e. The summed E-state index contributed by atoms with van der Waals surface area (Å²) >= 11 is 0. The summed E-state index contributed by atoms with van der Waals surface area (Å²) in [7, 11) is 0. The summed E-state index contributed by atoms with van der Waals surface area (Å²) in [5.41, 5.74) is 1.82. The number of aliphatic carboxylic acids is 1. The molecule has 0 aliphatic heterocycles. The van der Waals surface area contributed by atoms with Gasteiger partial charge in [0.25, 0.3) is 0 Å². The molecular weight excluding hydrogens is 214 g/mol. The summed E-state index contributed by atoms with van der Waals surface area (Å²) in [6, 6.07) is 7.54.